The zero-order valence-corrected chi connectivity index (χ0v) is 20.7. The molecule has 0 unspecified atom stereocenters. The van der Waals surface area contributed by atoms with Crippen LogP contribution >= 0.6 is 0 Å². The predicted octanol–water partition coefficient (Wildman–Crippen LogP) is 4.49. The number of hydrogen-bond acceptors (Lipinski definition) is 6. The monoisotopic (exact) mass is 500 g/mol. The van der Waals surface area contributed by atoms with Gasteiger partial charge in [-0.2, -0.15) is 0 Å². The molecule has 4 rings (SSSR count). The summed E-state index contributed by atoms with van der Waals surface area (Å²) in [6, 6.07) is 8.97. The predicted molar refractivity (Wildman–Crippen MR) is 134 cm³/mol. The third-order valence-corrected chi connectivity index (χ3v) is 7.34. The molecular formula is C28H34F2N2O4. The van der Waals surface area contributed by atoms with E-state index in [1.165, 1.54) is 12.1 Å². The Bertz CT molecular complexity index is 1140. The number of methoxy groups -OCH3 is 1. The van der Waals surface area contributed by atoms with Gasteiger partial charge in [-0.1, -0.05) is 0 Å². The second-order valence-electron chi connectivity index (χ2n) is 9.61. The van der Waals surface area contributed by atoms with Crippen LogP contribution in [0.3, 0.4) is 0 Å². The molecule has 3 aromatic rings. The fourth-order valence-corrected chi connectivity index (χ4v) is 5.11. The molecule has 0 spiro atoms. The van der Waals surface area contributed by atoms with Gasteiger partial charge in [-0.15, -0.1) is 0 Å². The first-order valence-corrected chi connectivity index (χ1v) is 12.4. The highest BCUT2D eigenvalue weighted by molar-refractivity contribution is 5.84. The van der Waals surface area contributed by atoms with Crippen molar-refractivity contribution in [2.45, 2.75) is 38.7 Å². The lowest BCUT2D eigenvalue weighted by Gasteiger charge is -2.41. The van der Waals surface area contributed by atoms with Crippen molar-refractivity contribution in [1.82, 2.24) is 9.88 Å². The molecule has 8 heteroatoms. The molecule has 36 heavy (non-hydrogen) atoms. The number of piperidine rings is 1. The molecule has 6 nitrogen and oxygen atoms in total. The van der Waals surface area contributed by atoms with Crippen molar-refractivity contribution >= 4 is 10.9 Å². The SMILES string of the molecule is COc1ccc2ncc(CO)c(CCCC3(CO)CCN(CCOc4cc(F)cc(F)c4)CC3)c2c1. The van der Waals surface area contributed by atoms with E-state index in [1.54, 1.807) is 13.3 Å². The van der Waals surface area contributed by atoms with Crippen LogP contribution in [0.4, 0.5) is 8.78 Å². The Morgan fingerprint density at radius 2 is 1.78 bits per heavy atom. The zero-order chi connectivity index (χ0) is 25.5. The maximum atomic E-state index is 13.3. The van der Waals surface area contributed by atoms with Gasteiger partial charge in [0, 0.05) is 42.9 Å². The van der Waals surface area contributed by atoms with E-state index in [0.717, 1.165) is 79.0 Å². The Morgan fingerprint density at radius 1 is 1.03 bits per heavy atom. The zero-order valence-electron chi connectivity index (χ0n) is 20.7. The number of nitrogens with zero attached hydrogens (tertiary/aromatic N) is 2. The highest BCUT2D eigenvalue weighted by Crippen LogP contribution is 2.37. The summed E-state index contributed by atoms with van der Waals surface area (Å²) in [5.41, 5.74) is 2.64. The number of aromatic nitrogens is 1. The quantitative estimate of drug-likeness (QED) is 0.404. The Balaban J connectivity index is 1.31. The van der Waals surface area contributed by atoms with Crippen molar-refractivity contribution in [2.24, 2.45) is 5.41 Å². The largest absolute Gasteiger partial charge is 0.497 e. The number of rotatable bonds is 11. The average Bonchev–Trinajstić information content (AvgIpc) is 2.89. The van der Waals surface area contributed by atoms with Crippen LogP contribution in [0, 0.1) is 17.0 Å². The summed E-state index contributed by atoms with van der Waals surface area (Å²) in [5, 5.41) is 21.1. The van der Waals surface area contributed by atoms with Crippen molar-refractivity contribution in [2.75, 3.05) is 40.0 Å². The molecule has 1 saturated heterocycles. The summed E-state index contributed by atoms with van der Waals surface area (Å²) >= 11 is 0. The van der Waals surface area contributed by atoms with E-state index in [4.69, 9.17) is 9.47 Å². The third-order valence-electron chi connectivity index (χ3n) is 7.34. The van der Waals surface area contributed by atoms with Gasteiger partial charge >= 0.3 is 0 Å². The lowest BCUT2D eigenvalue weighted by Crippen LogP contribution is -2.43. The summed E-state index contributed by atoms with van der Waals surface area (Å²) in [5.74, 6) is -0.356. The summed E-state index contributed by atoms with van der Waals surface area (Å²) in [6.07, 6.45) is 6.04. The molecule has 194 valence electrons. The van der Waals surface area contributed by atoms with Gasteiger partial charge in [0.05, 0.1) is 19.2 Å². The van der Waals surface area contributed by atoms with Crippen LogP contribution in [0.25, 0.3) is 10.9 Å². The van der Waals surface area contributed by atoms with Crippen LogP contribution in [0.5, 0.6) is 11.5 Å². The van der Waals surface area contributed by atoms with E-state index >= 15 is 0 Å². The third kappa shape index (κ3) is 6.30. The summed E-state index contributed by atoms with van der Waals surface area (Å²) in [4.78, 5) is 6.73. The molecular weight excluding hydrogens is 466 g/mol. The Kier molecular flexibility index (Phi) is 8.72. The fourth-order valence-electron chi connectivity index (χ4n) is 5.11. The molecule has 2 aromatic carbocycles. The lowest BCUT2D eigenvalue weighted by atomic mass is 9.75. The van der Waals surface area contributed by atoms with Crippen LogP contribution in [0.2, 0.25) is 0 Å². The summed E-state index contributed by atoms with van der Waals surface area (Å²) in [7, 11) is 1.63. The number of fused-ring (bicyclic) bond motifs is 1. The van der Waals surface area contributed by atoms with Gasteiger partial charge in [0.2, 0.25) is 0 Å². The second-order valence-corrected chi connectivity index (χ2v) is 9.61. The van der Waals surface area contributed by atoms with E-state index in [2.05, 4.69) is 9.88 Å². The summed E-state index contributed by atoms with van der Waals surface area (Å²) in [6.45, 7) is 2.73. The maximum Gasteiger partial charge on any atom is 0.129 e. The lowest BCUT2D eigenvalue weighted by molar-refractivity contribution is 0.0316. The van der Waals surface area contributed by atoms with Gasteiger partial charge in [-0.3, -0.25) is 9.88 Å². The number of halogens is 2. The molecule has 1 aliphatic heterocycles. The molecule has 1 fully saturated rings. The van der Waals surface area contributed by atoms with E-state index in [1.807, 2.05) is 18.2 Å². The van der Waals surface area contributed by atoms with Crippen molar-refractivity contribution in [3.05, 3.63) is 65.4 Å². The first kappa shape index (κ1) is 26.3. The van der Waals surface area contributed by atoms with Crippen molar-refractivity contribution in [3.8, 4) is 11.5 Å². The molecule has 0 saturated carbocycles. The standard InChI is InChI=1S/C28H34F2N2O4/c1-35-23-4-5-27-26(16-23)25(20(18-33)17-31-27)3-2-6-28(19-34)7-9-32(10-8-28)11-12-36-24-14-21(29)13-22(30)15-24/h4-5,13-17,33-34H,2-3,6-12,18-19H2,1H3. The number of aliphatic hydroxyl groups is 2. The molecule has 1 aromatic heterocycles. The minimum Gasteiger partial charge on any atom is -0.497 e. The average molecular weight is 501 g/mol. The first-order valence-electron chi connectivity index (χ1n) is 12.4. The number of aliphatic hydroxyl groups excluding tert-OH is 2. The van der Waals surface area contributed by atoms with E-state index in [9.17, 15) is 19.0 Å². The van der Waals surface area contributed by atoms with Gasteiger partial charge in [-0.05, 0) is 79.9 Å². The molecule has 2 heterocycles. The van der Waals surface area contributed by atoms with Crippen molar-refractivity contribution in [1.29, 1.82) is 0 Å². The number of aryl methyl sites for hydroxylation is 1. The van der Waals surface area contributed by atoms with Gasteiger partial charge in [0.1, 0.15) is 29.7 Å². The van der Waals surface area contributed by atoms with Crippen molar-refractivity contribution < 1.29 is 28.5 Å². The number of pyridine rings is 1. The topological polar surface area (TPSA) is 75.0 Å². The highest BCUT2D eigenvalue weighted by Gasteiger charge is 2.33. The van der Waals surface area contributed by atoms with E-state index < -0.39 is 11.6 Å². The minimum absolute atomic E-state index is 0.0695. The number of hydrogen-bond donors (Lipinski definition) is 2. The van der Waals surface area contributed by atoms with Crippen LogP contribution in [0.15, 0.2) is 42.6 Å². The molecule has 0 amide bonds. The van der Waals surface area contributed by atoms with Gasteiger partial charge in [0.25, 0.3) is 0 Å². The number of likely N-dealkylation sites (tertiary alicyclic amines) is 1. The Morgan fingerprint density at radius 3 is 2.44 bits per heavy atom. The number of benzene rings is 2. The van der Waals surface area contributed by atoms with E-state index in [-0.39, 0.29) is 24.4 Å². The van der Waals surface area contributed by atoms with Crippen LogP contribution in [-0.2, 0) is 13.0 Å². The Hall–Kier alpha value is -2.81. The molecule has 0 bridgehead atoms. The maximum absolute atomic E-state index is 13.3. The van der Waals surface area contributed by atoms with Gasteiger partial charge < -0.3 is 19.7 Å². The molecule has 0 radical (unpaired) electrons. The normalized spacial score (nSPS) is 15.8. The number of ether oxygens (including phenoxy) is 2. The molecule has 1 aliphatic rings. The van der Waals surface area contributed by atoms with Gasteiger partial charge in [-0.25, -0.2) is 8.78 Å². The Labute approximate surface area is 210 Å². The molecule has 2 N–H and O–H groups in total. The van der Waals surface area contributed by atoms with Crippen LogP contribution < -0.4 is 9.47 Å². The first-order chi connectivity index (χ1) is 17.4. The van der Waals surface area contributed by atoms with Crippen molar-refractivity contribution in [3.63, 3.8) is 0 Å². The van der Waals surface area contributed by atoms with Gasteiger partial charge in [0.15, 0.2) is 0 Å². The highest BCUT2D eigenvalue weighted by atomic mass is 19.1. The molecule has 0 aliphatic carbocycles. The smallest absolute Gasteiger partial charge is 0.129 e. The second kappa shape index (κ2) is 12.0. The van der Waals surface area contributed by atoms with Crippen LogP contribution in [0.1, 0.15) is 36.8 Å². The van der Waals surface area contributed by atoms with E-state index in [0.29, 0.717) is 13.2 Å². The summed E-state index contributed by atoms with van der Waals surface area (Å²) < 4.78 is 37.6. The fraction of sp³-hybridized carbons (Fsp3) is 0.464. The molecule has 0 atom stereocenters. The minimum atomic E-state index is -0.652. The van der Waals surface area contributed by atoms with Crippen LogP contribution in [-0.4, -0.2) is 60.1 Å².